The second-order valence-electron chi connectivity index (χ2n) is 2.67. The van der Waals surface area contributed by atoms with Crippen LogP contribution in [0.3, 0.4) is 0 Å². The summed E-state index contributed by atoms with van der Waals surface area (Å²) in [6, 6.07) is 0. The molecule has 0 bridgehead atoms. The topological polar surface area (TPSA) is 124 Å². The Morgan fingerprint density at radius 1 is 1.53 bits per heavy atom. The van der Waals surface area contributed by atoms with E-state index in [-0.39, 0.29) is 18.1 Å². The summed E-state index contributed by atoms with van der Waals surface area (Å²) in [5, 5.41) is 13.0. The number of amides is 1. The quantitative estimate of drug-likeness (QED) is 0.507. The second-order valence-corrected chi connectivity index (χ2v) is 2.67. The minimum atomic E-state index is -0.590. The van der Waals surface area contributed by atoms with E-state index in [1.54, 1.807) is 0 Å². The van der Waals surface area contributed by atoms with Gasteiger partial charge in [-0.1, -0.05) is 0 Å². The highest BCUT2D eigenvalue weighted by Crippen LogP contribution is 2.07. The number of nitrogens with zero attached hydrogens (tertiary/aromatic N) is 3. The molecule has 1 rings (SSSR count). The van der Waals surface area contributed by atoms with Gasteiger partial charge in [0, 0.05) is 13.0 Å². The fraction of sp³-hybridized carbons (Fsp3) is 0.286. The maximum atomic E-state index is 10.4. The first-order valence-electron chi connectivity index (χ1n) is 4.08. The smallest absolute Gasteiger partial charge is 0.305 e. The van der Waals surface area contributed by atoms with Gasteiger partial charge in [-0.15, -0.1) is 0 Å². The first-order valence-corrected chi connectivity index (χ1v) is 4.08. The van der Waals surface area contributed by atoms with E-state index >= 15 is 0 Å². The number of aromatic nitrogens is 2. The lowest BCUT2D eigenvalue weighted by Crippen LogP contribution is -2.16. The molecule has 80 valence electrons. The fourth-order valence-corrected chi connectivity index (χ4v) is 0.804. The molecule has 0 saturated heterocycles. The van der Waals surface area contributed by atoms with Crippen LogP contribution in [0, 0.1) is 10.1 Å². The van der Waals surface area contributed by atoms with Crippen molar-refractivity contribution < 1.29 is 9.72 Å². The Balaban J connectivity index is 2.50. The number of anilines is 1. The van der Waals surface area contributed by atoms with E-state index in [1.165, 1.54) is 0 Å². The molecule has 0 radical (unpaired) electrons. The Morgan fingerprint density at radius 2 is 2.13 bits per heavy atom. The molecule has 1 aromatic heterocycles. The highest BCUT2D eigenvalue weighted by molar-refractivity contribution is 5.74. The Kier molecular flexibility index (Phi) is 3.49. The standard InChI is InChI=1S/C7H9N5O3/c8-6(13)1-2-9-7-10-3-5(4-11-7)12(14)15/h3-4H,1-2H2,(H2,8,13)(H,9,10,11). The van der Waals surface area contributed by atoms with Gasteiger partial charge >= 0.3 is 5.69 Å². The molecule has 1 heterocycles. The lowest BCUT2D eigenvalue weighted by molar-refractivity contribution is -0.385. The molecule has 0 saturated carbocycles. The highest BCUT2D eigenvalue weighted by Gasteiger charge is 2.06. The van der Waals surface area contributed by atoms with Crippen LogP contribution in [0.5, 0.6) is 0 Å². The molecule has 8 nitrogen and oxygen atoms in total. The number of nitrogens with two attached hydrogens (primary N) is 1. The number of rotatable bonds is 5. The molecule has 3 N–H and O–H groups in total. The first kappa shape index (κ1) is 10.8. The first-order chi connectivity index (χ1) is 7.09. The minimum absolute atomic E-state index is 0.153. The molecule has 0 aliphatic carbocycles. The van der Waals surface area contributed by atoms with Crippen LogP contribution in [-0.4, -0.2) is 27.3 Å². The van der Waals surface area contributed by atoms with Crippen LogP contribution in [0.2, 0.25) is 0 Å². The summed E-state index contributed by atoms with van der Waals surface area (Å²) in [6.45, 7) is 0.299. The van der Waals surface area contributed by atoms with Crippen molar-refractivity contribution >= 4 is 17.5 Å². The van der Waals surface area contributed by atoms with Crippen molar-refractivity contribution in [3.63, 3.8) is 0 Å². The summed E-state index contributed by atoms with van der Waals surface area (Å²) in [6.07, 6.45) is 2.32. The molecule has 1 amide bonds. The van der Waals surface area contributed by atoms with Crippen LogP contribution in [0.15, 0.2) is 12.4 Å². The predicted octanol–water partition coefficient (Wildman–Crippen LogP) is -0.328. The largest absolute Gasteiger partial charge is 0.370 e. The van der Waals surface area contributed by atoms with Crippen molar-refractivity contribution in [2.45, 2.75) is 6.42 Å². The molecule has 0 aromatic carbocycles. The van der Waals surface area contributed by atoms with Gasteiger partial charge in [-0.3, -0.25) is 14.9 Å². The van der Waals surface area contributed by atoms with Crippen LogP contribution >= 0.6 is 0 Å². The number of nitrogens with one attached hydrogen (secondary N) is 1. The van der Waals surface area contributed by atoms with Crippen LogP contribution < -0.4 is 11.1 Å². The van der Waals surface area contributed by atoms with E-state index < -0.39 is 10.8 Å². The molecule has 8 heteroatoms. The van der Waals surface area contributed by atoms with Gasteiger partial charge in [-0.2, -0.15) is 0 Å². The lowest BCUT2D eigenvalue weighted by atomic mass is 10.4. The van der Waals surface area contributed by atoms with Gasteiger partial charge in [0.1, 0.15) is 12.4 Å². The predicted molar refractivity (Wildman–Crippen MR) is 51.0 cm³/mol. The van der Waals surface area contributed by atoms with Crippen molar-refractivity contribution in [1.29, 1.82) is 0 Å². The summed E-state index contributed by atoms with van der Waals surface area (Å²) in [5.74, 6) is -0.216. The van der Waals surface area contributed by atoms with Gasteiger partial charge in [-0.05, 0) is 0 Å². The zero-order valence-corrected chi connectivity index (χ0v) is 7.71. The summed E-state index contributed by atoms with van der Waals surface area (Å²) in [5.41, 5.74) is 4.73. The number of carbonyl (C=O) groups excluding carboxylic acids is 1. The van der Waals surface area contributed by atoms with Gasteiger partial charge < -0.3 is 11.1 Å². The third kappa shape index (κ3) is 3.55. The molecule has 0 spiro atoms. The Bertz CT molecular complexity index is 363. The number of carbonyl (C=O) groups is 1. The SMILES string of the molecule is NC(=O)CCNc1ncc([N+](=O)[O-])cn1. The van der Waals surface area contributed by atoms with Gasteiger partial charge in [0.25, 0.3) is 0 Å². The summed E-state index contributed by atoms with van der Waals surface area (Å²) < 4.78 is 0. The van der Waals surface area contributed by atoms with Gasteiger partial charge in [-0.25, -0.2) is 9.97 Å². The van der Waals surface area contributed by atoms with E-state index in [9.17, 15) is 14.9 Å². The van der Waals surface area contributed by atoms with Crippen molar-refractivity contribution in [1.82, 2.24) is 9.97 Å². The molecular formula is C7H9N5O3. The van der Waals surface area contributed by atoms with Crippen LogP contribution in [-0.2, 0) is 4.79 Å². The van der Waals surface area contributed by atoms with E-state index in [0.717, 1.165) is 12.4 Å². The van der Waals surface area contributed by atoms with E-state index in [1.807, 2.05) is 0 Å². The maximum absolute atomic E-state index is 10.4. The molecule has 0 aliphatic heterocycles. The number of primary amides is 1. The Hall–Kier alpha value is -2.25. The van der Waals surface area contributed by atoms with Gasteiger partial charge in [0.2, 0.25) is 11.9 Å². The monoisotopic (exact) mass is 211 g/mol. The van der Waals surface area contributed by atoms with E-state index in [0.29, 0.717) is 6.54 Å². The zero-order valence-electron chi connectivity index (χ0n) is 7.71. The average Bonchev–Trinajstić information content (AvgIpc) is 2.18. The molecule has 0 unspecified atom stereocenters. The Morgan fingerprint density at radius 3 is 2.60 bits per heavy atom. The Labute approximate surface area is 84.7 Å². The van der Waals surface area contributed by atoms with Gasteiger partial charge in [0.15, 0.2) is 0 Å². The molecule has 1 aromatic rings. The van der Waals surface area contributed by atoms with Crippen molar-refractivity contribution in [3.8, 4) is 0 Å². The maximum Gasteiger partial charge on any atom is 0.305 e. The lowest BCUT2D eigenvalue weighted by Gasteiger charge is -2.01. The summed E-state index contributed by atoms with van der Waals surface area (Å²) >= 11 is 0. The molecule has 0 aliphatic rings. The van der Waals surface area contributed by atoms with Crippen LogP contribution in [0.25, 0.3) is 0 Å². The number of hydrogen-bond donors (Lipinski definition) is 2. The van der Waals surface area contributed by atoms with Crippen molar-refractivity contribution in [2.75, 3.05) is 11.9 Å². The average molecular weight is 211 g/mol. The summed E-state index contributed by atoms with van der Waals surface area (Å²) in [7, 11) is 0. The number of hydrogen-bond acceptors (Lipinski definition) is 6. The number of nitro groups is 1. The molecule has 0 fully saturated rings. The normalized spacial score (nSPS) is 9.60. The second kappa shape index (κ2) is 4.84. The van der Waals surface area contributed by atoms with Crippen molar-refractivity contribution in [2.24, 2.45) is 5.73 Å². The van der Waals surface area contributed by atoms with Gasteiger partial charge in [0.05, 0.1) is 4.92 Å². The third-order valence-corrected chi connectivity index (χ3v) is 1.50. The highest BCUT2D eigenvalue weighted by atomic mass is 16.6. The third-order valence-electron chi connectivity index (χ3n) is 1.50. The van der Waals surface area contributed by atoms with E-state index in [4.69, 9.17) is 5.73 Å². The fourth-order valence-electron chi connectivity index (χ4n) is 0.804. The zero-order chi connectivity index (χ0) is 11.3. The molecular weight excluding hydrogens is 202 g/mol. The minimum Gasteiger partial charge on any atom is -0.370 e. The molecule has 15 heavy (non-hydrogen) atoms. The van der Waals surface area contributed by atoms with Crippen molar-refractivity contribution in [3.05, 3.63) is 22.5 Å². The summed E-state index contributed by atoms with van der Waals surface area (Å²) in [4.78, 5) is 27.4. The van der Waals surface area contributed by atoms with E-state index in [2.05, 4.69) is 15.3 Å². The van der Waals surface area contributed by atoms with Crippen LogP contribution in [0.1, 0.15) is 6.42 Å². The molecule has 0 atom stereocenters. The van der Waals surface area contributed by atoms with Crippen LogP contribution in [0.4, 0.5) is 11.6 Å².